The van der Waals surface area contributed by atoms with Gasteiger partial charge in [-0.05, 0) is 0 Å². The Labute approximate surface area is 106 Å². The monoisotopic (exact) mass is 256 g/mol. The summed E-state index contributed by atoms with van der Waals surface area (Å²) >= 11 is 0. The van der Waals surface area contributed by atoms with E-state index >= 15 is 0 Å². The molecule has 1 saturated heterocycles. The lowest BCUT2D eigenvalue weighted by molar-refractivity contribution is 0.180. The molecule has 3 nitrogen and oxygen atoms in total. The number of methoxy groups -OCH3 is 1. The van der Waals surface area contributed by atoms with Crippen molar-refractivity contribution in [2.45, 2.75) is 13.2 Å². The van der Waals surface area contributed by atoms with Gasteiger partial charge < -0.3 is 10.1 Å². The number of benzene rings is 1. The van der Waals surface area contributed by atoms with Crippen LogP contribution in [0.4, 0.5) is 8.78 Å². The van der Waals surface area contributed by atoms with Crippen LogP contribution in [-0.4, -0.2) is 38.2 Å². The van der Waals surface area contributed by atoms with Crippen LogP contribution in [0.25, 0.3) is 0 Å². The molecule has 0 unspecified atom stereocenters. The second kappa shape index (κ2) is 6.22. The maximum absolute atomic E-state index is 13.9. The molecule has 1 heterocycles. The van der Waals surface area contributed by atoms with Gasteiger partial charge in [0.2, 0.25) is 0 Å². The molecule has 0 aliphatic carbocycles. The summed E-state index contributed by atoms with van der Waals surface area (Å²) < 4.78 is 32.4. The van der Waals surface area contributed by atoms with Crippen LogP contribution >= 0.6 is 0 Å². The van der Waals surface area contributed by atoms with Crippen molar-refractivity contribution in [3.05, 3.63) is 34.9 Å². The van der Waals surface area contributed by atoms with Crippen LogP contribution in [0.3, 0.4) is 0 Å². The van der Waals surface area contributed by atoms with Gasteiger partial charge in [-0.1, -0.05) is 12.1 Å². The van der Waals surface area contributed by atoms with E-state index in [1.807, 2.05) is 0 Å². The minimum Gasteiger partial charge on any atom is -0.380 e. The number of ether oxygens (including phenoxy) is 1. The van der Waals surface area contributed by atoms with Gasteiger partial charge in [0.25, 0.3) is 0 Å². The fraction of sp³-hybridized carbons (Fsp3) is 0.538. The molecule has 0 bridgehead atoms. The fourth-order valence-electron chi connectivity index (χ4n) is 2.13. The zero-order valence-corrected chi connectivity index (χ0v) is 10.5. The molecule has 1 aromatic carbocycles. The third-order valence-electron chi connectivity index (χ3n) is 3.15. The van der Waals surface area contributed by atoms with Crippen molar-refractivity contribution in [3.63, 3.8) is 0 Å². The quantitative estimate of drug-likeness (QED) is 0.884. The molecule has 1 N–H and O–H groups in total. The molecular weight excluding hydrogens is 238 g/mol. The SMILES string of the molecule is COCc1ccc(CN2CCNCC2)c(F)c1F. The zero-order valence-electron chi connectivity index (χ0n) is 10.5. The summed E-state index contributed by atoms with van der Waals surface area (Å²) in [6.07, 6.45) is 0. The second-order valence-corrected chi connectivity index (χ2v) is 4.47. The average molecular weight is 256 g/mol. The first-order chi connectivity index (χ1) is 8.72. The third-order valence-corrected chi connectivity index (χ3v) is 3.15. The Morgan fingerprint density at radius 1 is 1.17 bits per heavy atom. The molecule has 0 spiro atoms. The highest BCUT2D eigenvalue weighted by molar-refractivity contribution is 5.26. The van der Waals surface area contributed by atoms with Crippen LogP contribution < -0.4 is 5.32 Å². The molecular formula is C13H18F2N2O. The third kappa shape index (κ3) is 3.04. The van der Waals surface area contributed by atoms with E-state index in [1.54, 1.807) is 12.1 Å². The minimum absolute atomic E-state index is 0.0939. The number of piperazine rings is 1. The van der Waals surface area contributed by atoms with Gasteiger partial charge in [-0.3, -0.25) is 4.90 Å². The predicted molar refractivity (Wildman–Crippen MR) is 65.2 cm³/mol. The smallest absolute Gasteiger partial charge is 0.164 e. The maximum Gasteiger partial charge on any atom is 0.164 e. The Morgan fingerprint density at radius 3 is 2.44 bits per heavy atom. The van der Waals surface area contributed by atoms with Crippen LogP contribution in [0.15, 0.2) is 12.1 Å². The lowest BCUT2D eigenvalue weighted by Crippen LogP contribution is -2.43. The van der Waals surface area contributed by atoms with Gasteiger partial charge in [0.1, 0.15) is 0 Å². The normalized spacial score (nSPS) is 17.1. The topological polar surface area (TPSA) is 24.5 Å². The fourth-order valence-corrected chi connectivity index (χ4v) is 2.13. The lowest BCUT2D eigenvalue weighted by Gasteiger charge is -2.27. The second-order valence-electron chi connectivity index (χ2n) is 4.47. The lowest BCUT2D eigenvalue weighted by atomic mass is 10.1. The Balaban J connectivity index is 2.10. The predicted octanol–water partition coefficient (Wildman–Crippen LogP) is 1.52. The van der Waals surface area contributed by atoms with Crippen LogP contribution in [0.2, 0.25) is 0 Å². The molecule has 0 atom stereocenters. The molecule has 0 radical (unpaired) electrons. The summed E-state index contributed by atoms with van der Waals surface area (Å²) in [4.78, 5) is 2.12. The van der Waals surface area contributed by atoms with Gasteiger partial charge in [0.05, 0.1) is 6.61 Å². The van der Waals surface area contributed by atoms with E-state index in [4.69, 9.17) is 4.74 Å². The summed E-state index contributed by atoms with van der Waals surface area (Å²) in [6, 6.07) is 3.24. The molecule has 100 valence electrons. The van der Waals surface area contributed by atoms with Gasteiger partial charge in [0.15, 0.2) is 11.6 Å². The molecule has 1 aromatic rings. The maximum atomic E-state index is 13.9. The van der Waals surface area contributed by atoms with Crippen LogP contribution in [0.1, 0.15) is 11.1 Å². The molecule has 1 aliphatic rings. The average Bonchev–Trinajstić information content (AvgIpc) is 2.40. The largest absolute Gasteiger partial charge is 0.380 e. The number of nitrogens with zero attached hydrogens (tertiary/aromatic N) is 1. The van der Waals surface area contributed by atoms with E-state index in [0.29, 0.717) is 12.1 Å². The van der Waals surface area contributed by atoms with Gasteiger partial charge in [0, 0.05) is 51.0 Å². The van der Waals surface area contributed by atoms with Crippen molar-refractivity contribution < 1.29 is 13.5 Å². The Hall–Kier alpha value is -1.04. The Bertz CT molecular complexity index is 406. The number of nitrogens with one attached hydrogen (secondary N) is 1. The van der Waals surface area contributed by atoms with Crippen LogP contribution in [0, 0.1) is 11.6 Å². The summed E-state index contributed by atoms with van der Waals surface area (Å²) in [5, 5.41) is 3.23. The molecule has 1 fully saturated rings. The number of rotatable bonds is 4. The molecule has 0 saturated carbocycles. The number of hydrogen-bond donors (Lipinski definition) is 1. The molecule has 0 aromatic heterocycles. The van der Waals surface area contributed by atoms with Crippen molar-refractivity contribution in [1.82, 2.24) is 10.2 Å². The standard InChI is InChI=1S/C13H18F2N2O/c1-18-9-11-3-2-10(12(14)13(11)15)8-17-6-4-16-5-7-17/h2-3,16H,4-9H2,1H3. The van der Waals surface area contributed by atoms with Crippen LogP contribution in [0.5, 0.6) is 0 Å². The molecule has 2 rings (SSSR count). The highest BCUT2D eigenvalue weighted by atomic mass is 19.2. The van der Waals surface area contributed by atoms with Gasteiger partial charge >= 0.3 is 0 Å². The highest BCUT2D eigenvalue weighted by Gasteiger charge is 2.16. The summed E-state index contributed by atoms with van der Waals surface area (Å²) in [5.74, 6) is -1.53. The van der Waals surface area contributed by atoms with E-state index in [-0.39, 0.29) is 12.2 Å². The van der Waals surface area contributed by atoms with Crippen molar-refractivity contribution in [2.24, 2.45) is 0 Å². The minimum atomic E-state index is -0.788. The molecule has 1 aliphatic heterocycles. The van der Waals surface area contributed by atoms with Crippen molar-refractivity contribution >= 4 is 0 Å². The number of halogens is 2. The molecule has 18 heavy (non-hydrogen) atoms. The first kappa shape index (κ1) is 13.4. The first-order valence-corrected chi connectivity index (χ1v) is 6.10. The van der Waals surface area contributed by atoms with E-state index in [1.165, 1.54) is 7.11 Å². The van der Waals surface area contributed by atoms with E-state index < -0.39 is 11.6 Å². The van der Waals surface area contributed by atoms with Gasteiger partial charge in [-0.2, -0.15) is 0 Å². The molecule has 0 amide bonds. The van der Waals surface area contributed by atoms with Gasteiger partial charge in [-0.15, -0.1) is 0 Å². The van der Waals surface area contributed by atoms with E-state index in [2.05, 4.69) is 10.2 Å². The Morgan fingerprint density at radius 2 is 1.78 bits per heavy atom. The van der Waals surface area contributed by atoms with Crippen molar-refractivity contribution in [1.29, 1.82) is 0 Å². The summed E-state index contributed by atoms with van der Waals surface area (Å²) in [6.45, 7) is 4.06. The summed E-state index contributed by atoms with van der Waals surface area (Å²) in [7, 11) is 1.46. The van der Waals surface area contributed by atoms with E-state index in [9.17, 15) is 8.78 Å². The number of hydrogen-bond acceptors (Lipinski definition) is 3. The van der Waals surface area contributed by atoms with Crippen molar-refractivity contribution in [2.75, 3.05) is 33.3 Å². The zero-order chi connectivity index (χ0) is 13.0. The summed E-state index contributed by atoms with van der Waals surface area (Å²) in [5.41, 5.74) is 0.674. The van der Waals surface area contributed by atoms with E-state index in [0.717, 1.165) is 26.2 Å². The molecule has 5 heteroatoms. The highest BCUT2D eigenvalue weighted by Crippen LogP contribution is 2.18. The first-order valence-electron chi connectivity index (χ1n) is 6.10. The Kier molecular flexibility index (Phi) is 4.63. The van der Waals surface area contributed by atoms with Gasteiger partial charge in [-0.25, -0.2) is 8.78 Å². The van der Waals surface area contributed by atoms with Crippen LogP contribution in [-0.2, 0) is 17.9 Å². The van der Waals surface area contributed by atoms with Crippen molar-refractivity contribution in [3.8, 4) is 0 Å².